The van der Waals surface area contributed by atoms with Crippen molar-refractivity contribution in [3.05, 3.63) is 59.7 Å². The summed E-state index contributed by atoms with van der Waals surface area (Å²) >= 11 is 0. The summed E-state index contributed by atoms with van der Waals surface area (Å²) in [5.41, 5.74) is 1.35. The van der Waals surface area contributed by atoms with Gasteiger partial charge < -0.3 is 9.67 Å². The molecule has 1 aromatic carbocycles. The molecule has 2 aromatic rings. The van der Waals surface area contributed by atoms with Gasteiger partial charge in [0.1, 0.15) is 5.82 Å². The van der Waals surface area contributed by atoms with E-state index in [9.17, 15) is 18.8 Å². The molecule has 0 amide bonds. The van der Waals surface area contributed by atoms with Crippen molar-refractivity contribution in [1.82, 2.24) is 4.57 Å². The van der Waals surface area contributed by atoms with Crippen molar-refractivity contribution >= 4 is 17.5 Å². The van der Waals surface area contributed by atoms with Crippen molar-refractivity contribution in [3.8, 4) is 0 Å². The van der Waals surface area contributed by atoms with Crippen LogP contribution in [0.3, 0.4) is 0 Å². The summed E-state index contributed by atoms with van der Waals surface area (Å²) in [5.74, 6) is -3.48. The van der Waals surface area contributed by atoms with E-state index in [1.54, 1.807) is 30.6 Å². The summed E-state index contributed by atoms with van der Waals surface area (Å²) in [5, 5.41) is 8.49. The zero-order chi connectivity index (χ0) is 16.8. The zero-order valence-electron chi connectivity index (χ0n) is 12.4. The molecular formula is C17H16FNO4. The predicted molar refractivity (Wildman–Crippen MR) is 80.7 cm³/mol. The molecule has 0 aliphatic rings. The molecule has 2 rings (SSSR count). The van der Waals surface area contributed by atoms with Crippen LogP contribution in [0.5, 0.6) is 0 Å². The maximum atomic E-state index is 12.8. The number of aliphatic carboxylic acids is 1. The van der Waals surface area contributed by atoms with Gasteiger partial charge >= 0.3 is 5.97 Å². The standard InChI is InChI=1S/C17H16FNO4/c18-14-5-3-12(4-6-14)2-1-8-19-9-7-13(11-19)15(20)10-16(21)17(22)23/h3-7,9,11H,1-2,8,10H2,(H,22,23). The lowest BCUT2D eigenvalue weighted by molar-refractivity contribution is -0.148. The Kier molecular flexibility index (Phi) is 5.41. The molecule has 0 aliphatic carbocycles. The number of carbonyl (C=O) groups is 3. The molecule has 1 aromatic heterocycles. The van der Waals surface area contributed by atoms with E-state index in [0.29, 0.717) is 12.1 Å². The average Bonchev–Trinajstić information content (AvgIpc) is 2.98. The first kappa shape index (κ1) is 16.6. The summed E-state index contributed by atoms with van der Waals surface area (Å²) in [6.07, 6.45) is 4.27. The van der Waals surface area contributed by atoms with Gasteiger partial charge in [-0.1, -0.05) is 12.1 Å². The lowest BCUT2D eigenvalue weighted by Crippen LogP contribution is -2.16. The number of benzene rings is 1. The quantitative estimate of drug-likeness (QED) is 0.461. The van der Waals surface area contributed by atoms with Crippen LogP contribution >= 0.6 is 0 Å². The lowest BCUT2D eigenvalue weighted by Gasteiger charge is -2.03. The van der Waals surface area contributed by atoms with Gasteiger partial charge in [-0.25, -0.2) is 9.18 Å². The van der Waals surface area contributed by atoms with Gasteiger partial charge in [-0.15, -0.1) is 0 Å². The van der Waals surface area contributed by atoms with Crippen LogP contribution in [0.1, 0.15) is 28.8 Å². The molecule has 0 radical (unpaired) electrons. The Balaban J connectivity index is 1.84. The van der Waals surface area contributed by atoms with E-state index in [1.807, 2.05) is 4.57 Å². The smallest absolute Gasteiger partial charge is 0.372 e. The predicted octanol–water partition coefficient (Wildman–Crippen LogP) is 2.49. The molecule has 1 heterocycles. The van der Waals surface area contributed by atoms with Gasteiger partial charge in [0, 0.05) is 24.5 Å². The van der Waals surface area contributed by atoms with Crippen molar-refractivity contribution in [2.75, 3.05) is 0 Å². The molecule has 0 saturated carbocycles. The Labute approximate surface area is 132 Å². The third-order valence-electron chi connectivity index (χ3n) is 3.43. The van der Waals surface area contributed by atoms with Crippen LogP contribution in [0.2, 0.25) is 0 Å². The van der Waals surface area contributed by atoms with E-state index in [0.717, 1.165) is 18.4 Å². The fraction of sp³-hybridized carbons (Fsp3) is 0.235. The Hall–Kier alpha value is -2.76. The molecule has 5 nitrogen and oxygen atoms in total. The van der Waals surface area contributed by atoms with Gasteiger partial charge in [-0.05, 0) is 36.6 Å². The minimum Gasteiger partial charge on any atom is -0.475 e. The largest absolute Gasteiger partial charge is 0.475 e. The van der Waals surface area contributed by atoms with E-state index in [2.05, 4.69) is 0 Å². The van der Waals surface area contributed by atoms with Crippen molar-refractivity contribution in [2.24, 2.45) is 0 Å². The first-order chi connectivity index (χ1) is 11.0. The number of Topliss-reactive ketones (excluding diaryl/α,β-unsaturated/α-hetero) is 2. The Morgan fingerprint density at radius 3 is 2.43 bits per heavy atom. The Bertz CT molecular complexity index is 718. The number of nitrogens with zero attached hydrogens (tertiary/aromatic N) is 1. The summed E-state index contributed by atoms with van der Waals surface area (Å²) in [4.78, 5) is 33.2. The van der Waals surface area contributed by atoms with Gasteiger partial charge in [0.05, 0.1) is 6.42 Å². The van der Waals surface area contributed by atoms with Crippen LogP contribution in [-0.4, -0.2) is 27.2 Å². The van der Waals surface area contributed by atoms with E-state index >= 15 is 0 Å². The van der Waals surface area contributed by atoms with E-state index < -0.39 is 24.0 Å². The number of carboxylic acid groups (broad SMARTS) is 1. The second-order valence-electron chi connectivity index (χ2n) is 5.20. The average molecular weight is 317 g/mol. The molecule has 0 saturated heterocycles. The van der Waals surface area contributed by atoms with Crippen molar-refractivity contribution in [3.63, 3.8) is 0 Å². The van der Waals surface area contributed by atoms with Crippen LogP contribution in [0, 0.1) is 5.82 Å². The number of aromatic nitrogens is 1. The third kappa shape index (κ3) is 4.88. The highest BCUT2D eigenvalue weighted by Crippen LogP contribution is 2.09. The number of rotatable bonds is 8. The van der Waals surface area contributed by atoms with Crippen LogP contribution in [-0.2, 0) is 22.6 Å². The molecule has 0 spiro atoms. The van der Waals surface area contributed by atoms with Crippen LogP contribution in [0.4, 0.5) is 4.39 Å². The van der Waals surface area contributed by atoms with Crippen LogP contribution in [0.15, 0.2) is 42.7 Å². The lowest BCUT2D eigenvalue weighted by atomic mass is 10.1. The third-order valence-corrected chi connectivity index (χ3v) is 3.43. The summed E-state index contributed by atoms with van der Waals surface area (Å²) < 4.78 is 14.6. The van der Waals surface area contributed by atoms with Crippen LogP contribution < -0.4 is 0 Å². The number of carbonyl (C=O) groups excluding carboxylic acids is 2. The molecule has 0 fully saturated rings. The first-order valence-corrected chi connectivity index (χ1v) is 7.15. The molecule has 0 bridgehead atoms. The minimum atomic E-state index is -1.60. The Morgan fingerprint density at radius 1 is 1.09 bits per heavy atom. The summed E-state index contributed by atoms with van der Waals surface area (Å²) in [6.45, 7) is 0.664. The second-order valence-corrected chi connectivity index (χ2v) is 5.20. The molecule has 120 valence electrons. The molecule has 0 aliphatic heterocycles. The molecule has 23 heavy (non-hydrogen) atoms. The van der Waals surface area contributed by atoms with Gasteiger partial charge in [0.2, 0.25) is 5.78 Å². The van der Waals surface area contributed by atoms with Gasteiger partial charge in [-0.3, -0.25) is 9.59 Å². The maximum absolute atomic E-state index is 12.8. The van der Waals surface area contributed by atoms with Crippen LogP contribution in [0.25, 0.3) is 0 Å². The molecular weight excluding hydrogens is 301 g/mol. The Morgan fingerprint density at radius 2 is 1.78 bits per heavy atom. The fourth-order valence-electron chi connectivity index (χ4n) is 2.19. The number of hydrogen-bond donors (Lipinski definition) is 1. The van der Waals surface area contributed by atoms with Gasteiger partial charge in [0.15, 0.2) is 5.78 Å². The van der Waals surface area contributed by atoms with Gasteiger partial charge in [0.25, 0.3) is 0 Å². The number of aryl methyl sites for hydroxylation is 2. The highest BCUT2D eigenvalue weighted by Gasteiger charge is 2.18. The van der Waals surface area contributed by atoms with Crippen molar-refractivity contribution < 1.29 is 23.9 Å². The molecule has 0 unspecified atom stereocenters. The maximum Gasteiger partial charge on any atom is 0.372 e. The van der Waals surface area contributed by atoms with E-state index in [1.165, 1.54) is 12.1 Å². The van der Waals surface area contributed by atoms with Gasteiger partial charge in [-0.2, -0.15) is 0 Å². The summed E-state index contributed by atoms with van der Waals surface area (Å²) in [6, 6.07) is 7.87. The van der Waals surface area contributed by atoms with Crippen molar-refractivity contribution in [1.29, 1.82) is 0 Å². The fourth-order valence-corrected chi connectivity index (χ4v) is 2.19. The normalized spacial score (nSPS) is 10.5. The highest BCUT2D eigenvalue weighted by molar-refractivity contribution is 6.37. The molecule has 0 atom stereocenters. The second kappa shape index (κ2) is 7.49. The minimum absolute atomic E-state index is 0.266. The highest BCUT2D eigenvalue weighted by atomic mass is 19.1. The zero-order valence-corrected chi connectivity index (χ0v) is 12.4. The SMILES string of the molecule is O=C(O)C(=O)CC(=O)c1ccn(CCCc2ccc(F)cc2)c1. The topological polar surface area (TPSA) is 76.4 Å². The number of hydrogen-bond acceptors (Lipinski definition) is 3. The number of ketones is 2. The number of carboxylic acids is 1. The van der Waals surface area contributed by atoms with E-state index in [4.69, 9.17) is 5.11 Å². The summed E-state index contributed by atoms with van der Waals surface area (Å²) in [7, 11) is 0. The van der Waals surface area contributed by atoms with Crippen molar-refractivity contribution in [2.45, 2.75) is 25.8 Å². The number of halogens is 1. The van der Waals surface area contributed by atoms with E-state index in [-0.39, 0.29) is 5.82 Å². The monoisotopic (exact) mass is 317 g/mol. The molecule has 6 heteroatoms. The first-order valence-electron chi connectivity index (χ1n) is 7.15. The molecule has 1 N–H and O–H groups in total.